The first-order chi connectivity index (χ1) is 9.08. The Morgan fingerprint density at radius 3 is 2.63 bits per heavy atom. The van der Waals surface area contributed by atoms with E-state index >= 15 is 0 Å². The van der Waals surface area contributed by atoms with Crippen LogP contribution >= 0.6 is 11.6 Å². The quantitative estimate of drug-likeness (QED) is 0.896. The van der Waals surface area contributed by atoms with Crippen LogP contribution in [-0.4, -0.2) is 27.2 Å². The molecule has 1 amide bonds. The number of rotatable bonds is 3. The number of hydrogen-bond donors (Lipinski definition) is 2. The molecule has 1 aromatic carbocycles. The number of anilines is 1. The van der Waals surface area contributed by atoms with Crippen LogP contribution in [0.1, 0.15) is 20.7 Å². The lowest BCUT2D eigenvalue weighted by molar-refractivity contribution is 0.0698. The zero-order valence-corrected chi connectivity index (χ0v) is 10.3. The summed E-state index contributed by atoms with van der Waals surface area (Å²) in [6.45, 7) is 0. The Morgan fingerprint density at radius 2 is 2.00 bits per heavy atom. The first-order valence-corrected chi connectivity index (χ1v) is 5.56. The largest absolute Gasteiger partial charge is 0.478 e. The first-order valence-electron chi connectivity index (χ1n) is 5.19. The van der Waals surface area contributed by atoms with Crippen molar-refractivity contribution in [2.45, 2.75) is 0 Å². The molecule has 1 heterocycles. The van der Waals surface area contributed by atoms with E-state index in [0.29, 0.717) is 0 Å². The standard InChI is InChI=1S/C12H8ClN3O3/c13-8-1-2-10(9(5-8)12(18)19)16-11(17)7-3-4-14-15-6-7/h1-6H,(H,16,17)(H,18,19). The highest BCUT2D eigenvalue weighted by atomic mass is 35.5. The third-order valence-corrected chi connectivity index (χ3v) is 2.54. The van der Waals surface area contributed by atoms with Crippen molar-refractivity contribution in [3.8, 4) is 0 Å². The van der Waals surface area contributed by atoms with Crippen molar-refractivity contribution in [1.29, 1.82) is 0 Å². The van der Waals surface area contributed by atoms with Gasteiger partial charge in [-0.15, -0.1) is 0 Å². The minimum atomic E-state index is -1.18. The molecule has 19 heavy (non-hydrogen) atoms. The number of nitrogens with one attached hydrogen (secondary N) is 1. The maximum atomic E-state index is 11.9. The summed E-state index contributed by atoms with van der Waals surface area (Å²) in [4.78, 5) is 22.9. The lowest BCUT2D eigenvalue weighted by atomic mass is 10.1. The summed E-state index contributed by atoms with van der Waals surface area (Å²) < 4.78 is 0. The van der Waals surface area contributed by atoms with Gasteiger partial charge in [-0.3, -0.25) is 4.79 Å². The molecule has 2 N–H and O–H groups in total. The van der Waals surface area contributed by atoms with Gasteiger partial charge in [0.1, 0.15) is 0 Å². The number of aromatic nitrogens is 2. The number of amides is 1. The molecule has 96 valence electrons. The molecule has 0 aliphatic heterocycles. The van der Waals surface area contributed by atoms with Gasteiger partial charge in [-0.25, -0.2) is 4.79 Å². The van der Waals surface area contributed by atoms with Crippen LogP contribution in [0.25, 0.3) is 0 Å². The number of benzene rings is 1. The predicted octanol–water partition coefficient (Wildman–Crippen LogP) is 2.08. The van der Waals surface area contributed by atoms with Crippen molar-refractivity contribution in [1.82, 2.24) is 10.2 Å². The smallest absolute Gasteiger partial charge is 0.337 e. The van der Waals surface area contributed by atoms with Crippen molar-refractivity contribution in [3.63, 3.8) is 0 Å². The van der Waals surface area contributed by atoms with Gasteiger partial charge < -0.3 is 10.4 Å². The Morgan fingerprint density at radius 1 is 1.21 bits per heavy atom. The Balaban J connectivity index is 2.29. The molecule has 0 saturated heterocycles. The molecule has 0 fully saturated rings. The number of halogens is 1. The average Bonchev–Trinajstić information content (AvgIpc) is 2.41. The maximum absolute atomic E-state index is 11.9. The van der Waals surface area contributed by atoms with E-state index in [4.69, 9.17) is 16.7 Å². The topological polar surface area (TPSA) is 92.2 Å². The number of carbonyl (C=O) groups excluding carboxylic acids is 1. The molecule has 0 saturated carbocycles. The lowest BCUT2D eigenvalue weighted by Gasteiger charge is -2.08. The van der Waals surface area contributed by atoms with Crippen LogP contribution < -0.4 is 5.32 Å². The highest BCUT2D eigenvalue weighted by Gasteiger charge is 2.14. The van der Waals surface area contributed by atoms with Gasteiger partial charge in [0.25, 0.3) is 5.91 Å². The highest BCUT2D eigenvalue weighted by molar-refractivity contribution is 6.31. The van der Waals surface area contributed by atoms with Crippen molar-refractivity contribution in [2.24, 2.45) is 0 Å². The van der Waals surface area contributed by atoms with Gasteiger partial charge in [-0.05, 0) is 24.3 Å². The molecule has 0 unspecified atom stereocenters. The Kier molecular flexibility index (Phi) is 3.72. The molecule has 2 aromatic rings. The molecular formula is C12H8ClN3O3. The number of hydrogen-bond acceptors (Lipinski definition) is 4. The van der Waals surface area contributed by atoms with Crippen molar-refractivity contribution in [3.05, 3.63) is 52.8 Å². The molecular weight excluding hydrogens is 270 g/mol. The van der Waals surface area contributed by atoms with Crippen LogP contribution in [0, 0.1) is 0 Å². The highest BCUT2D eigenvalue weighted by Crippen LogP contribution is 2.21. The second kappa shape index (κ2) is 5.45. The van der Waals surface area contributed by atoms with E-state index in [0.717, 1.165) is 0 Å². The predicted molar refractivity (Wildman–Crippen MR) is 68.4 cm³/mol. The van der Waals surface area contributed by atoms with E-state index in [1.165, 1.54) is 36.7 Å². The molecule has 6 nitrogen and oxygen atoms in total. The summed E-state index contributed by atoms with van der Waals surface area (Å²) in [5.74, 6) is -1.65. The van der Waals surface area contributed by atoms with Gasteiger partial charge in [-0.2, -0.15) is 10.2 Å². The molecule has 0 spiro atoms. The number of carboxylic acid groups (broad SMARTS) is 1. The van der Waals surface area contributed by atoms with E-state index in [-0.39, 0.29) is 21.8 Å². The Hall–Kier alpha value is -2.47. The first kappa shape index (κ1) is 13.0. The fraction of sp³-hybridized carbons (Fsp3) is 0. The summed E-state index contributed by atoms with van der Waals surface area (Å²) in [6, 6.07) is 5.66. The van der Waals surface area contributed by atoms with Gasteiger partial charge in [0.15, 0.2) is 0 Å². The Bertz CT molecular complexity index is 631. The van der Waals surface area contributed by atoms with Gasteiger partial charge in [-0.1, -0.05) is 11.6 Å². The van der Waals surface area contributed by atoms with E-state index in [1.807, 2.05) is 0 Å². The normalized spacial score (nSPS) is 9.95. The fourth-order valence-corrected chi connectivity index (χ4v) is 1.59. The van der Waals surface area contributed by atoms with Crippen LogP contribution in [0.5, 0.6) is 0 Å². The third-order valence-electron chi connectivity index (χ3n) is 2.31. The monoisotopic (exact) mass is 277 g/mol. The zero-order chi connectivity index (χ0) is 13.8. The molecule has 0 atom stereocenters. The Labute approximate surface area is 113 Å². The SMILES string of the molecule is O=C(Nc1ccc(Cl)cc1C(=O)O)c1ccnnc1. The minimum Gasteiger partial charge on any atom is -0.478 e. The van der Waals surface area contributed by atoms with E-state index in [1.54, 1.807) is 0 Å². The molecule has 7 heteroatoms. The second-order valence-electron chi connectivity index (χ2n) is 3.58. The number of carbonyl (C=O) groups is 2. The van der Waals surface area contributed by atoms with Crippen LogP contribution in [-0.2, 0) is 0 Å². The summed E-state index contributed by atoms with van der Waals surface area (Å²) in [5.41, 5.74) is 0.364. The second-order valence-corrected chi connectivity index (χ2v) is 4.02. The zero-order valence-electron chi connectivity index (χ0n) is 9.50. The lowest BCUT2D eigenvalue weighted by Crippen LogP contribution is -2.15. The van der Waals surface area contributed by atoms with E-state index in [2.05, 4.69) is 15.5 Å². The maximum Gasteiger partial charge on any atom is 0.337 e. The van der Waals surface area contributed by atoms with E-state index < -0.39 is 11.9 Å². The average molecular weight is 278 g/mol. The summed E-state index contributed by atoms with van der Waals surface area (Å²) >= 11 is 5.72. The van der Waals surface area contributed by atoms with Gasteiger partial charge >= 0.3 is 5.97 Å². The molecule has 1 aromatic heterocycles. The van der Waals surface area contributed by atoms with Crippen LogP contribution in [0.15, 0.2) is 36.7 Å². The minimum absolute atomic E-state index is 0.0807. The van der Waals surface area contributed by atoms with Crippen molar-refractivity contribution in [2.75, 3.05) is 5.32 Å². The number of carboxylic acids is 1. The third kappa shape index (κ3) is 3.05. The molecule has 0 aliphatic carbocycles. The van der Waals surface area contributed by atoms with Crippen LogP contribution in [0.4, 0.5) is 5.69 Å². The molecule has 0 bridgehead atoms. The van der Waals surface area contributed by atoms with E-state index in [9.17, 15) is 9.59 Å². The van der Waals surface area contributed by atoms with Crippen molar-refractivity contribution >= 4 is 29.2 Å². The van der Waals surface area contributed by atoms with Gasteiger partial charge in [0, 0.05) is 5.02 Å². The molecule has 0 radical (unpaired) electrons. The van der Waals surface area contributed by atoms with Crippen molar-refractivity contribution < 1.29 is 14.7 Å². The number of aromatic carboxylic acids is 1. The van der Waals surface area contributed by atoms with Crippen LogP contribution in [0.2, 0.25) is 5.02 Å². The van der Waals surface area contributed by atoms with Gasteiger partial charge in [0.2, 0.25) is 0 Å². The van der Waals surface area contributed by atoms with Crippen LogP contribution in [0.3, 0.4) is 0 Å². The molecule has 0 aliphatic rings. The summed E-state index contributed by atoms with van der Waals surface area (Å²) in [7, 11) is 0. The summed E-state index contributed by atoms with van der Waals surface area (Å²) in [6.07, 6.45) is 2.65. The summed E-state index contributed by atoms with van der Waals surface area (Å²) in [5, 5.41) is 18.9. The van der Waals surface area contributed by atoms with Gasteiger partial charge in [0.05, 0.1) is 29.2 Å². The number of nitrogens with zero attached hydrogens (tertiary/aromatic N) is 2. The fourth-order valence-electron chi connectivity index (χ4n) is 1.42. The molecule has 2 rings (SSSR count).